The number of para-hydroxylation sites is 1. The van der Waals surface area contributed by atoms with Gasteiger partial charge in [-0.1, -0.05) is 42.8 Å². The predicted octanol–water partition coefficient (Wildman–Crippen LogP) is 3.53. The summed E-state index contributed by atoms with van der Waals surface area (Å²) in [5.41, 5.74) is 7.48. The highest BCUT2D eigenvalue weighted by Crippen LogP contribution is 2.25. The minimum atomic E-state index is 0.0307. The van der Waals surface area contributed by atoms with E-state index in [4.69, 9.17) is 15.7 Å². The van der Waals surface area contributed by atoms with Crippen molar-refractivity contribution in [2.45, 2.75) is 19.8 Å². The van der Waals surface area contributed by atoms with E-state index in [1.165, 1.54) is 5.56 Å². The van der Waals surface area contributed by atoms with Crippen molar-refractivity contribution < 1.29 is 9.94 Å². The minimum Gasteiger partial charge on any atom is -0.457 e. The second-order valence-electron chi connectivity index (χ2n) is 4.48. The molecule has 104 valence electrons. The molecule has 4 nitrogen and oxygen atoms in total. The largest absolute Gasteiger partial charge is 0.457 e. The van der Waals surface area contributed by atoms with Crippen LogP contribution in [0.3, 0.4) is 0 Å². The molecule has 0 aliphatic rings. The van der Waals surface area contributed by atoms with Gasteiger partial charge in [0.2, 0.25) is 0 Å². The molecule has 0 heterocycles. The van der Waals surface area contributed by atoms with Gasteiger partial charge in [-0.25, -0.2) is 0 Å². The van der Waals surface area contributed by atoms with Crippen LogP contribution in [0.2, 0.25) is 0 Å². The third-order valence-electron chi connectivity index (χ3n) is 2.96. The van der Waals surface area contributed by atoms with Crippen molar-refractivity contribution in [2.24, 2.45) is 10.9 Å². The van der Waals surface area contributed by atoms with Gasteiger partial charge in [-0.2, -0.15) is 0 Å². The zero-order valence-corrected chi connectivity index (χ0v) is 11.4. The molecule has 0 aromatic heterocycles. The van der Waals surface area contributed by atoms with Crippen LogP contribution in [0.15, 0.2) is 53.7 Å². The smallest absolute Gasteiger partial charge is 0.173 e. The number of oxime groups is 1. The first-order chi connectivity index (χ1) is 9.74. The van der Waals surface area contributed by atoms with Gasteiger partial charge in [-0.3, -0.25) is 0 Å². The quantitative estimate of drug-likeness (QED) is 0.378. The SMILES string of the molecule is CCCc1ccc(Oc2ccccc2C(N)=NO)cc1. The highest BCUT2D eigenvalue weighted by molar-refractivity contribution is 5.99. The molecule has 4 heteroatoms. The van der Waals surface area contributed by atoms with Crippen molar-refractivity contribution in [3.05, 3.63) is 59.7 Å². The van der Waals surface area contributed by atoms with Crippen LogP contribution in [0.5, 0.6) is 11.5 Å². The molecular formula is C16H18N2O2. The summed E-state index contributed by atoms with van der Waals surface area (Å²) in [5, 5.41) is 11.8. The zero-order chi connectivity index (χ0) is 14.4. The van der Waals surface area contributed by atoms with Gasteiger partial charge in [0.1, 0.15) is 11.5 Å². The van der Waals surface area contributed by atoms with Crippen LogP contribution in [0.25, 0.3) is 0 Å². The monoisotopic (exact) mass is 270 g/mol. The van der Waals surface area contributed by atoms with Crippen LogP contribution in [-0.2, 0) is 6.42 Å². The Morgan fingerprint density at radius 3 is 2.50 bits per heavy atom. The molecule has 0 spiro atoms. The van der Waals surface area contributed by atoms with Crippen LogP contribution in [-0.4, -0.2) is 11.0 Å². The van der Waals surface area contributed by atoms with Gasteiger partial charge in [0.15, 0.2) is 5.84 Å². The third kappa shape index (κ3) is 3.29. The highest BCUT2D eigenvalue weighted by Gasteiger charge is 2.08. The maximum absolute atomic E-state index is 8.78. The van der Waals surface area contributed by atoms with E-state index >= 15 is 0 Å². The maximum atomic E-state index is 8.78. The summed E-state index contributed by atoms with van der Waals surface area (Å²) in [6.07, 6.45) is 2.17. The normalized spacial score (nSPS) is 11.3. The minimum absolute atomic E-state index is 0.0307. The van der Waals surface area contributed by atoms with Gasteiger partial charge < -0.3 is 15.7 Å². The summed E-state index contributed by atoms with van der Waals surface area (Å²) in [5.74, 6) is 1.32. The van der Waals surface area contributed by atoms with E-state index < -0.39 is 0 Å². The number of hydrogen-bond acceptors (Lipinski definition) is 3. The van der Waals surface area contributed by atoms with E-state index in [9.17, 15) is 0 Å². The number of nitrogens with two attached hydrogens (primary N) is 1. The maximum Gasteiger partial charge on any atom is 0.173 e. The first kappa shape index (κ1) is 13.9. The van der Waals surface area contributed by atoms with Gasteiger partial charge in [0, 0.05) is 0 Å². The van der Waals surface area contributed by atoms with E-state index in [-0.39, 0.29) is 5.84 Å². The van der Waals surface area contributed by atoms with Gasteiger partial charge in [-0.15, -0.1) is 0 Å². The Hall–Kier alpha value is -2.49. The first-order valence-corrected chi connectivity index (χ1v) is 6.58. The Kier molecular flexibility index (Phi) is 4.60. The molecule has 2 aromatic carbocycles. The molecular weight excluding hydrogens is 252 g/mol. The Morgan fingerprint density at radius 2 is 1.85 bits per heavy atom. The zero-order valence-electron chi connectivity index (χ0n) is 11.4. The summed E-state index contributed by atoms with van der Waals surface area (Å²) in [7, 11) is 0. The van der Waals surface area contributed by atoms with Crippen LogP contribution in [0.4, 0.5) is 0 Å². The molecule has 0 saturated carbocycles. The molecule has 3 N–H and O–H groups in total. The summed E-state index contributed by atoms with van der Waals surface area (Å²) in [4.78, 5) is 0. The molecule has 0 aliphatic carbocycles. The molecule has 0 saturated heterocycles. The number of rotatable bonds is 5. The topological polar surface area (TPSA) is 67.8 Å². The van der Waals surface area contributed by atoms with E-state index in [1.54, 1.807) is 12.1 Å². The van der Waals surface area contributed by atoms with Gasteiger partial charge in [-0.05, 0) is 36.2 Å². The first-order valence-electron chi connectivity index (χ1n) is 6.58. The lowest BCUT2D eigenvalue weighted by Gasteiger charge is -2.10. The van der Waals surface area contributed by atoms with Crippen molar-refractivity contribution in [1.82, 2.24) is 0 Å². The molecule has 0 atom stereocenters. The Balaban J connectivity index is 2.21. The number of hydrogen-bond donors (Lipinski definition) is 2. The van der Waals surface area contributed by atoms with Crippen molar-refractivity contribution in [3.8, 4) is 11.5 Å². The molecule has 0 fully saturated rings. The second-order valence-corrected chi connectivity index (χ2v) is 4.48. The Bertz CT molecular complexity index is 592. The lowest BCUT2D eigenvalue weighted by molar-refractivity contribution is 0.318. The second kappa shape index (κ2) is 6.61. The van der Waals surface area contributed by atoms with E-state index in [0.717, 1.165) is 18.6 Å². The van der Waals surface area contributed by atoms with Crippen LogP contribution >= 0.6 is 0 Å². The van der Waals surface area contributed by atoms with E-state index in [0.29, 0.717) is 11.3 Å². The molecule has 0 aliphatic heterocycles. The average Bonchev–Trinajstić information content (AvgIpc) is 2.49. The summed E-state index contributed by atoms with van der Waals surface area (Å²) in [6.45, 7) is 2.15. The molecule has 2 rings (SSSR count). The molecule has 0 unspecified atom stereocenters. The Morgan fingerprint density at radius 1 is 1.15 bits per heavy atom. The van der Waals surface area contributed by atoms with Gasteiger partial charge in [0.05, 0.1) is 5.56 Å². The van der Waals surface area contributed by atoms with Crippen LogP contribution in [0.1, 0.15) is 24.5 Å². The fourth-order valence-corrected chi connectivity index (χ4v) is 1.96. The predicted molar refractivity (Wildman–Crippen MR) is 79.5 cm³/mol. The molecule has 2 aromatic rings. The average molecular weight is 270 g/mol. The Labute approximate surface area is 118 Å². The molecule has 20 heavy (non-hydrogen) atoms. The summed E-state index contributed by atoms with van der Waals surface area (Å²) >= 11 is 0. The molecule has 0 amide bonds. The highest BCUT2D eigenvalue weighted by atomic mass is 16.5. The van der Waals surface area contributed by atoms with Crippen LogP contribution in [0, 0.1) is 0 Å². The van der Waals surface area contributed by atoms with Crippen molar-refractivity contribution in [1.29, 1.82) is 0 Å². The molecule has 0 bridgehead atoms. The number of nitrogens with zero attached hydrogens (tertiary/aromatic N) is 1. The van der Waals surface area contributed by atoms with Crippen molar-refractivity contribution >= 4 is 5.84 Å². The fourth-order valence-electron chi connectivity index (χ4n) is 1.96. The fraction of sp³-hybridized carbons (Fsp3) is 0.188. The van der Waals surface area contributed by atoms with Crippen molar-refractivity contribution in [2.75, 3.05) is 0 Å². The third-order valence-corrected chi connectivity index (χ3v) is 2.96. The number of benzene rings is 2. The lowest BCUT2D eigenvalue weighted by atomic mass is 10.1. The summed E-state index contributed by atoms with van der Waals surface area (Å²) in [6, 6.07) is 15.1. The van der Waals surface area contributed by atoms with E-state index in [2.05, 4.69) is 12.1 Å². The number of aryl methyl sites for hydroxylation is 1. The standard InChI is InChI=1S/C16H18N2O2/c1-2-5-12-8-10-13(11-9-12)20-15-7-4-3-6-14(15)16(17)18-19/h3-4,6-11,19H,2,5H2,1H3,(H2,17,18). The van der Waals surface area contributed by atoms with Gasteiger partial charge >= 0.3 is 0 Å². The molecule has 0 radical (unpaired) electrons. The van der Waals surface area contributed by atoms with Gasteiger partial charge in [0.25, 0.3) is 0 Å². The van der Waals surface area contributed by atoms with Crippen LogP contribution < -0.4 is 10.5 Å². The van der Waals surface area contributed by atoms with Crippen molar-refractivity contribution in [3.63, 3.8) is 0 Å². The summed E-state index contributed by atoms with van der Waals surface area (Å²) < 4.78 is 5.79. The lowest BCUT2D eigenvalue weighted by Crippen LogP contribution is -2.14. The van der Waals surface area contributed by atoms with E-state index in [1.807, 2.05) is 36.4 Å². The number of ether oxygens (including phenoxy) is 1. The number of amidine groups is 1.